The third kappa shape index (κ3) is 4.71. The lowest BCUT2D eigenvalue weighted by atomic mass is 9.98. The fourth-order valence-electron chi connectivity index (χ4n) is 3.04. The van der Waals surface area contributed by atoms with Crippen LogP contribution in [0.1, 0.15) is 48.3 Å². The standard InChI is InChI=1S/C22H27N3O3/c1-13(23)21(14(2)24)17-9-10-19(20(12-17)28-5)22(26)25-15(3)16-7-6-8-18(11-16)27-4/h6-12,15,23H,24H2,1-5H3,(H,25,26)/t15-/m1/s1. The molecule has 148 valence electrons. The lowest BCUT2D eigenvalue weighted by Crippen LogP contribution is -2.27. The Morgan fingerprint density at radius 1 is 1.11 bits per heavy atom. The van der Waals surface area contributed by atoms with Gasteiger partial charge in [0, 0.05) is 17.0 Å². The smallest absolute Gasteiger partial charge is 0.255 e. The summed E-state index contributed by atoms with van der Waals surface area (Å²) in [4.78, 5) is 12.8. The molecule has 2 aromatic rings. The van der Waals surface area contributed by atoms with Crippen LogP contribution < -0.4 is 20.5 Å². The van der Waals surface area contributed by atoms with Crippen LogP contribution in [-0.4, -0.2) is 25.8 Å². The molecule has 28 heavy (non-hydrogen) atoms. The number of methoxy groups -OCH3 is 2. The molecule has 0 saturated heterocycles. The number of allylic oxidation sites excluding steroid dienone is 2. The fraction of sp³-hybridized carbons (Fsp3) is 0.273. The number of hydrogen-bond donors (Lipinski definition) is 3. The highest BCUT2D eigenvalue weighted by atomic mass is 16.5. The predicted octanol–water partition coefficient (Wildman–Crippen LogP) is 3.92. The maximum Gasteiger partial charge on any atom is 0.255 e. The fourth-order valence-corrected chi connectivity index (χ4v) is 3.04. The lowest BCUT2D eigenvalue weighted by Gasteiger charge is -2.17. The Balaban J connectivity index is 2.30. The summed E-state index contributed by atoms with van der Waals surface area (Å²) in [6, 6.07) is 12.5. The number of nitrogens with two attached hydrogens (primary N) is 1. The summed E-state index contributed by atoms with van der Waals surface area (Å²) < 4.78 is 10.7. The number of benzene rings is 2. The molecule has 0 unspecified atom stereocenters. The van der Waals surface area contributed by atoms with Crippen molar-refractivity contribution in [1.29, 1.82) is 5.41 Å². The van der Waals surface area contributed by atoms with E-state index in [-0.39, 0.29) is 11.9 Å². The van der Waals surface area contributed by atoms with Gasteiger partial charge < -0.3 is 25.9 Å². The highest BCUT2D eigenvalue weighted by Crippen LogP contribution is 2.27. The van der Waals surface area contributed by atoms with Gasteiger partial charge in [0.15, 0.2) is 0 Å². The minimum atomic E-state index is -0.250. The van der Waals surface area contributed by atoms with E-state index in [1.54, 1.807) is 39.2 Å². The van der Waals surface area contributed by atoms with Crippen LogP contribution in [0.4, 0.5) is 0 Å². The minimum absolute atomic E-state index is 0.211. The number of carbonyl (C=O) groups excluding carboxylic acids is 1. The van der Waals surface area contributed by atoms with Gasteiger partial charge in [0.1, 0.15) is 11.5 Å². The van der Waals surface area contributed by atoms with Crippen molar-refractivity contribution >= 4 is 17.2 Å². The van der Waals surface area contributed by atoms with Gasteiger partial charge in [0.25, 0.3) is 5.91 Å². The number of ether oxygens (including phenoxy) is 2. The Morgan fingerprint density at radius 3 is 2.39 bits per heavy atom. The van der Waals surface area contributed by atoms with Crippen LogP contribution in [0.2, 0.25) is 0 Å². The van der Waals surface area contributed by atoms with Crippen LogP contribution >= 0.6 is 0 Å². The van der Waals surface area contributed by atoms with E-state index in [1.165, 1.54) is 7.11 Å². The van der Waals surface area contributed by atoms with E-state index in [2.05, 4.69) is 5.32 Å². The molecule has 1 atom stereocenters. The topological polar surface area (TPSA) is 97.4 Å². The van der Waals surface area contributed by atoms with Crippen LogP contribution in [0.5, 0.6) is 11.5 Å². The Labute approximate surface area is 165 Å². The normalized spacial score (nSPS) is 12.6. The molecule has 0 fully saturated rings. The predicted molar refractivity (Wildman–Crippen MR) is 112 cm³/mol. The number of carbonyl (C=O) groups is 1. The number of hydrogen-bond acceptors (Lipinski definition) is 5. The number of amides is 1. The molecule has 6 heteroatoms. The maximum atomic E-state index is 12.8. The van der Waals surface area contributed by atoms with Gasteiger partial charge in [0.05, 0.1) is 25.8 Å². The molecule has 0 aromatic heterocycles. The molecule has 0 saturated carbocycles. The Kier molecular flexibility index (Phi) is 6.82. The first kappa shape index (κ1) is 21.0. The second kappa shape index (κ2) is 9.08. The van der Waals surface area contributed by atoms with Crippen molar-refractivity contribution in [3.05, 3.63) is 64.9 Å². The van der Waals surface area contributed by atoms with Crippen molar-refractivity contribution in [2.45, 2.75) is 26.8 Å². The quantitative estimate of drug-likeness (QED) is 0.633. The van der Waals surface area contributed by atoms with Gasteiger partial charge in [-0.1, -0.05) is 18.2 Å². The molecule has 0 aliphatic carbocycles. The zero-order valence-corrected chi connectivity index (χ0v) is 16.9. The summed E-state index contributed by atoms with van der Waals surface area (Å²) in [6.07, 6.45) is 0. The van der Waals surface area contributed by atoms with Crippen molar-refractivity contribution in [3.8, 4) is 11.5 Å². The van der Waals surface area contributed by atoms with Gasteiger partial charge in [-0.15, -0.1) is 0 Å². The summed E-state index contributed by atoms with van der Waals surface area (Å²) in [6.45, 7) is 5.33. The molecule has 0 bridgehead atoms. The van der Waals surface area contributed by atoms with Crippen molar-refractivity contribution < 1.29 is 14.3 Å². The average Bonchev–Trinajstić information content (AvgIpc) is 2.67. The highest BCUT2D eigenvalue weighted by molar-refractivity contribution is 6.22. The van der Waals surface area contributed by atoms with Gasteiger partial charge in [0.2, 0.25) is 0 Å². The van der Waals surface area contributed by atoms with E-state index in [9.17, 15) is 4.79 Å². The van der Waals surface area contributed by atoms with Crippen LogP contribution in [0.25, 0.3) is 5.57 Å². The summed E-state index contributed by atoms with van der Waals surface area (Å²) in [5.41, 5.74) is 9.54. The second-order valence-electron chi connectivity index (χ2n) is 6.57. The third-order valence-electron chi connectivity index (χ3n) is 4.45. The van der Waals surface area contributed by atoms with E-state index < -0.39 is 0 Å². The van der Waals surface area contributed by atoms with Gasteiger partial charge in [-0.3, -0.25) is 4.79 Å². The molecule has 0 radical (unpaired) electrons. The van der Waals surface area contributed by atoms with E-state index in [0.717, 1.165) is 16.9 Å². The van der Waals surface area contributed by atoms with Gasteiger partial charge in [-0.2, -0.15) is 0 Å². The summed E-state index contributed by atoms with van der Waals surface area (Å²) in [5.74, 6) is 0.909. The Bertz CT molecular complexity index is 915. The van der Waals surface area contributed by atoms with E-state index in [0.29, 0.717) is 28.3 Å². The van der Waals surface area contributed by atoms with E-state index in [4.69, 9.17) is 20.6 Å². The largest absolute Gasteiger partial charge is 0.497 e. The minimum Gasteiger partial charge on any atom is -0.497 e. The zero-order valence-electron chi connectivity index (χ0n) is 16.9. The van der Waals surface area contributed by atoms with Crippen LogP contribution in [-0.2, 0) is 0 Å². The molecule has 4 N–H and O–H groups in total. The van der Waals surface area contributed by atoms with Gasteiger partial charge >= 0.3 is 0 Å². The Morgan fingerprint density at radius 2 is 1.82 bits per heavy atom. The number of nitrogens with one attached hydrogen (secondary N) is 2. The zero-order chi connectivity index (χ0) is 20.8. The van der Waals surface area contributed by atoms with Crippen molar-refractivity contribution in [2.75, 3.05) is 14.2 Å². The first-order valence-electron chi connectivity index (χ1n) is 8.93. The molecule has 6 nitrogen and oxygen atoms in total. The van der Waals surface area contributed by atoms with Gasteiger partial charge in [-0.25, -0.2) is 0 Å². The summed E-state index contributed by atoms with van der Waals surface area (Å²) in [5, 5.41) is 10.9. The molecule has 0 spiro atoms. The second-order valence-corrected chi connectivity index (χ2v) is 6.57. The summed E-state index contributed by atoms with van der Waals surface area (Å²) >= 11 is 0. The van der Waals surface area contributed by atoms with Crippen LogP contribution in [0, 0.1) is 5.41 Å². The SMILES string of the molecule is COc1cccc([C@@H](C)NC(=O)c2ccc(C(C(C)=N)=C(C)N)cc2OC)c1. The van der Waals surface area contributed by atoms with Crippen molar-refractivity contribution in [1.82, 2.24) is 5.32 Å². The molecular formula is C22H27N3O3. The van der Waals surface area contributed by atoms with Crippen LogP contribution in [0.15, 0.2) is 48.2 Å². The molecule has 2 rings (SSSR count). The first-order chi connectivity index (χ1) is 13.3. The number of rotatable bonds is 7. The first-order valence-corrected chi connectivity index (χ1v) is 8.93. The summed E-state index contributed by atoms with van der Waals surface area (Å²) in [7, 11) is 3.12. The highest BCUT2D eigenvalue weighted by Gasteiger charge is 2.18. The van der Waals surface area contributed by atoms with E-state index >= 15 is 0 Å². The maximum absolute atomic E-state index is 12.8. The third-order valence-corrected chi connectivity index (χ3v) is 4.45. The van der Waals surface area contributed by atoms with Crippen LogP contribution in [0.3, 0.4) is 0 Å². The average molecular weight is 381 g/mol. The molecule has 0 heterocycles. The van der Waals surface area contributed by atoms with Crippen molar-refractivity contribution in [3.63, 3.8) is 0 Å². The monoisotopic (exact) mass is 381 g/mol. The molecular weight excluding hydrogens is 354 g/mol. The molecule has 2 aromatic carbocycles. The van der Waals surface area contributed by atoms with Gasteiger partial charge in [-0.05, 0) is 56.2 Å². The lowest BCUT2D eigenvalue weighted by molar-refractivity contribution is 0.0936. The van der Waals surface area contributed by atoms with Crippen molar-refractivity contribution in [2.24, 2.45) is 5.73 Å². The van der Waals surface area contributed by atoms with E-state index in [1.807, 2.05) is 31.2 Å². The molecule has 1 amide bonds. The molecule has 0 aliphatic rings. The Hall–Kier alpha value is -3.28. The molecule has 0 aliphatic heterocycles.